The lowest BCUT2D eigenvalue weighted by Gasteiger charge is -2.07. The number of esters is 1. The van der Waals surface area contributed by atoms with Crippen molar-refractivity contribution in [1.29, 1.82) is 0 Å². The first-order valence-corrected chi connectivity index (χ1v) is 8.02. The van der Waals surface area contributed by atoms with E-state index in [1.165, 1.54) is 0 Å². The van der Waals surface area contributed by atoms with E-state index in [2.05, 4.69) is 5.32 Å². The molecule has 7 nitrogen and oxygen atoms in total. The predicted molar refractivity (Wildman–Crippen MR) is 94.4 cm³/mol. The molecule has 0 saturated heterocycles. The van der Waals surface area contributed by atoms with Gasteiger partial charge in [-0.15, -0.1) is 0 Å². The maximum absolute atomic E-state index is 12.3. The van der Waals surface area contributed by atoms with Crippen molar-refractivity contribution in [2.75, 3.05) is 18.7 Å². The van der Waals surface area contributed by atoms with Gasteiger partial charge in [0.15, 0.2) is 18.1 Å². The van der Waals surface area contributed by atoms with Gasteiger partial charge in [0.25, 0.3) is 5.91 Å². The van der Waals surface area contributed by atoms with Gasteiger partial charge in [-0.2, -0.15) is 0 Å². The fourth-order valence-electron chi connectivity index (χ4n) is 2.88. The lowest BCUT2D eigenvalue weighted by atomic mass is 10.2. The first kappa shape index (κ1) is 16.0. The molecule has 0 unspecified atom stereocenters. The van der Waals surface area contributed by atoms with Crippen LogP contribution in [0, 0.1) is 0 Å². The van der Waals surface area contributed by atoms with Crippen LogP contribution in [-0.4, -0.2) is 29.8 Å². The van der Waals surface area contributed by atoms with Crippen LogP contribution in [0.25, 0.3) is 10.9 Å². The molecule has 0 fully saturated rings. The Morgan fingerprint density at radius 3 is 2.85 bits per heavy atom. The molecule has 132 valence electrons. The number of fused-ring (bicyclic) bond motifs is 2. The number of rotatable bonds is 4. The van der Waals surface area contributed by atoms with Crippen LogP contribution in [-0.2, 0) is 16.6 Å². The van der Waals surface area contributed by atoms with Crippen molar-refractivity contribution in [3.8, 4) is 11.5 Å². The van der Waals surface area contributed by atoms with E-state index in [1.807, 2.05) is 35.9 Å². The minimum atomic E-state index is -0.539. The zero-order valence-corrected chi connectivity index (χ0v) is 14.0. The van der Waals surface area contributed by atoms with E-state index in [0.717, 1.165) is 10.9 Å². The van der Waals surface area contributed by atoms with Crippen molar-refractivity contribution in [1.82, 2.24) is 4.57 Å². The minimum absolute atomic E-state index is 0.162. The maximum Gasteiger partial charge on any atom is 0.340 e. The van der Waals surface area contributed by atoms with Gasteiger partial charge in [0.2, 0.25) is 6.79 Å². The summed E-state index contributed by atoms with van der Waals surface area (Å²) in [6.45, 7) is -0.216. The highest BCUT2D eigenvalue weighted by Crippen LogP contribution is 2.34. The van der Waals surface area contributed by atoms with Gasteiger partial charge in [-0.1, -0.05) is 18.2 Å². The van der Waals surface area contributed by atoms with Gasteiger partial charge < -0.3 is 24.1 Å². The topological polar surface area (TPSA) is 78.8 Å². The molecule has 26 heavy (non-hydrogen) atoms. The molecule has 0 atom stereocenters. The number of aryl methyl sites for hydroxylation is 1. The monoisotopic (exact) mass is 352 g/mol. The van der Waals surface area contributed by atoms with E-state index in [4.69, 9.17) is 14.2 Å². The van der Waals surface area contributed by atoms with Gasteiger partial charge in [-0.3, -0.25) is 4.79 Å². The number of carbonyl (C=O) groups is 2. The summed E-state index contributed by atoms with van der Waals surface area (Å²) < 4.78 is 17.5. The van der Waals surface area contributed by atoms with Gasteiger partial charge in [-0.25, -0.2) is 4.79 Å². The lowest BCUT2D eigenvalue weighted by Crippen LogP contribution is -2.20. The fraction of sp³-hybridized carbons (Fsp3) is 0.158. The van der Waals surface area contributed by atoms with Crippen LogP contribution in [0.1, 0.15) is 10.4 Å². The smallest absolute Gasteiger partial charge is 0.340 e. The van der Waals surface area contributed by atoms with Crippen molar-refractivity contribution in [2.24, 2.45) is 7.05 Å². The van der Waals surface area contributed by atoms with Crippen LogP contribution in [0.2, 0.25) is 0 Å². The highest BCUT2D eigenvalue weighted by atomic mass is 16.7. The zero-order valence-electron chi connectivity index (χ0n) is 14.0. The zero-order chi connectivity index (χ0) is 18.1. The van der Waals surface area contributed by atoms with Crippen LogP contribution < -0.4 is 14.8 Å². The Labute approximate surface area is 149 Å². The largest absolute Gasteiger partial charge is 0.454 e. The summed E-state index contributed by atoms with van der Waals surface area (Å²) in [6.07, 6.45) is 1.70. The highest BCUT2D eigenvalue weighted by Gasteiger charge is 2.17. The van der Waals surface area contributed by atoms with E-state index in [9.17, 15) is 9.59 Å². The second kappa shape index (κ2) is 6.44. The molecule has 3 aromatic rings. The second-order valence-corrected chi connectivity index (χ2v) is 5.86. The Morgan fingerprint density at radius 1 is 1.15 bits per heavy atom. The van der Waals surface area contributed by atoms with E-state index in [-0.39, 0.29) is 13.4 Å². The first-order chi connectivity index (χ1) is 12.6. The lowest BCUT2D eigenvalue weighted by molar-refractivity contribution is -0.119. The molecule has 1 aliphatic rings. The van der Waals surface area contributed by atoms with E-state index >= 15 is 0 Å². The minimum Gasteiger partial charge on any atom is -0.454 e. The molecule has 0 saturated carbocycles. The highest BCUT2D eigenvalue weighted by molar-refractivity contribution is 6.05. The number of aromatic nitrogens is 1. The molecule has 0 spiro atoms. The number of hydrogen-bond acceptors (Lipinski definition) is 5. The number of amides is 1. The third kappa shape index (κ3) is 2.95. The molecule has 7 heteroatoms. The third-order valence-corrected chi connectivity index (χ3v) is 4.11. The van der Waals surface area contributed by atoms with E-state index < -0.39 is 11.9 Å². The van der Waals surface area contributed by atoms with Crippen LogP contribution in [0.5, 0.6) is 11.5 Å². The van der Waals surface area contributed by atoms with Crippen LogP contribution in [0.4, 0.5) is 5.69 Å². The molecule has 2 heterocycles. The SMILES string of the molecule is Cn1cc(C(=O)OCC(=O)Nc2ccc3c(c2)OCO3)c2ccccc21. The van der Waals surface area contributed by atoms with Crippen LogP contribution in [0.15, 0.2) is 48.7 Å². The number of benzene rings is 2. The van der Waals surface area contributed by atoms with Crippen molar-refractivity contribution in [3.05, 3.63) is 54.2 Å². The molecule has 1 aliphatic heterocycles. The summed E-state index contributed by atoms with van der Waals surface area (Å²) in [5, 5.41) is 3.45. The normalized spacial score (nSPS) is 12.2. The Morgan fingerprint density at radius 2 is 1.96 bits per heavy atom. The maximum atomic E-state index is 12.3. The predicted octanol–water partition coefficient (Wildman–Crippen LogP) is 2.70. The summed E-state index contributed by atoms with van der Waals surface area (Å²) >= 11 is 0. The molecule has 0 bridgehead atoms. The van der Waals surface area contributed by atoms with Crippen LogP contribution >= 0.6 is 0 Å². The Kier molecular flexibility index (Phi) is 3.96. The number of para-hydroxylation sites is 1. The quantitative estimate of drug-likeness (QED) is 0.731. The standard InChI is InChI=1S/C19H16N2O5/c1-21-9-14(13-4-2-3-5-15(13)21)19(23)24-10-18(22)20-12-6-7-16-17(8-12)26-11-25-16/h2-9H,10-11H2,1H3,(H,20,22). The number of carbonyl (C=O) groups excluding carboxylic acids is 2. The summed E-state index contributed by atoms with van der Waals surface area (Å²) in [5.74, 6) is 0.223. The fourth-order valence-corrected chi connectivity index (χ4v) is 2.88. The molecule has 0 aliphatic carbocycles. The average Bonchev–Trinajstić information content (AvgIpc) is 3.24. The number of nitrogens with zero attached hydrogens (tertiary/aromatic N) is 1. The van der Waals surface area contributed by atoms with Gasteiger partial charge in [0, 0.05) is 35.9 Å². The van der Waals surface area contributed by atoms with Crippen LogP contribution in [0.3, 0.4) is 0 Å². The molecule has 1 amide bonds. The molecular weight excluding hydrogens is 336 g/mol. The van der Waals surface area contributed by atoms with Crippen molar-refractivity contribution >= 4 is 28.5 Å². The molecular formula is C19H16N2O5. The van der Waals surface area contributed by atoms with Gasteiger partial charge >= 0.3 is 5.97 Å². The Balaban J connectivity index is 1.40. The summed E-state index contributed by atoms with van der Waals surface area (Å²) in [5.41, 5.74) is 1.89. The number of nitrogens with one attached hydrogen (secondary N) is 1. The summed E-state index contributed by atoms with van der Waals surface area (Å²) in [4.78, 5) is 24.4. The molecule has 1 N–H and O–H groups in total. The average molecular weight is 352 g/mol. The Bertz CT molecular complexity index is 1010. The number of anilines is 1. The van der Waals surface area contributed by atoms with Gasteiger partial charge in [0.1, 0.15) is 0 Å². The van der Waals surface area contributed by atoms with Crippen molar-refractivity contribution < 1.29 is 23.8 Å². The molecule has 0 radical (unpaired) electrons. The third-order valence-electron chi connectivity index (χ3n) is 4.11. The summed E-state index contributed by atoms with van der Waals surface area (Å²) in [7, 11) is 1.85. The number of hydrogen-bond donors (Lipinski definition) is 1. The summed E-state index contributed by atoms with van der Waals surface area (Å²) in [6, 6.07) is 12.6. The van der Waals surface area contributed by atoms with E-state index in [0.29, 0.717) is 22.7 Å². The molecule has 4 rings (SSSR count). The Hall–Kier alpha value is -3.48. The molecule has 2 aromatic carbocycles. The van der Waals surface area contributed by atoms with Gasteiger partial charge in [-0.05, 0) is 18.2 Å². The van der Waals surface area contributed by atoms with E-state index in [1.54, 1.807) is 24.4 Å². The molecule has 1 aromatic heterocycles. The number of ether oxygens (including phenoxy) is 3. The van der Waals surface area contributed by atoms with Crippen molar-refractivity contribution in [3.63, 3.8) is 0 Å². The van der Waals surface area contributed by atoms with Crippen molar-refractivity contribution in [2.45, 2.75) is 0 Å². The second-order valence-electron chi connectivity index (χ2n) is 5.86. The van der Waals surface area contributed by atoms with Gasteiger partial charge in [0.05, 0.1) is 5.56 Å². The first-order valence-electron chi connectivity index (χ1n) is 8.02.